The minimum absolute atomic E-state index is 0.142. The minimum Gasteiger partial charge on any atom is -0.445 e. The molecule has 0 unspecified atom stereocenters. The lowest BCUT2D eigenvalue weighted by atomic mass is 10.1. The first-order valence-electron chi connectivity index (χ1n) is 7.01. The van der Waals surface area contributed by atoms with Gasteiger partial charge in [0.15, 0.2) is 0 Å². The summed E-state index contributed by atoms with van der Waals surface area (Å²) in [6.07, 6.45) is -1.00. The molecule has 0 saturated carbocycles. The Bertz CT molecular complexity index is 853. The third-order valence-corrected chi connectivity index (χ3v) is 3.67. The second kappa shape index (κ2) is 6.29. The van der Waals surface area contributed by atoms with Crippen LogP contribution < -0.4 is 0 Å². The summed E-state index contributed by atoms with van der Waals surface area (Å²) >= 11 is 5.96. The molecule has 1 aliphatic heterocycles. The molecule has 0 aliphatic carbocycles. The molecule has 122 valence electrons. The number of rotatable bonds is 3. The number of halogens is 1. The maximum Gasteiger partial charge on any atom is 0.278 e. The van der Waals surface area contributed by atoms with E-state index in [1.165, 1.54) is 19.1 Å². The van der Waals surface area contributed by atoms with E-state index in [2.05, 4.69) is 5.10 Å². The van der Waals surface area contributed by atoms with Gasteiger partial charge in [0.1, 0.15) is 0 Å². The van der Waals surface area contributed by atoms with Gasteiger partial charge in [-0.15, -0.1) is 5.10 Å². The van der Waals surface area contributed by atoms with Gasteiger partial charge in [-0.05, 0) is 24.3 Å². The zero-order chi connectivity index (χ0) is 17.3. The fourth-order valence-corrected chi connectivity index (χ4v) is 2.56. The van der Waals surface area contributed by atoms with E-state index in [0.29, 0.717) is 10.6 Å². The average Bonchev–Trinajstić information content (AvgIpc) is 3.00. The monoisotopic (exact) mass is 345 g/mol. The van der Waals surface area contributed by atoms with E-state index in [9.17, 15) is 14.9 Å². The predicted molar refractivity (Wildman–Crippen MR) is 87.4 cm³/mol. The second-order valence-electron chi connectivity index (χ2n) is 5.07. The van der Waals surface area contributed by atoms with Crippen molar-refractivity contribution in [3.05, 3.63) is 74.8 Å². The molecule has 1 amide bonds. The molecule has 2 aromatic carbocycles. The number of amides is 1. The molecule has 3 rings (SSSR count). The van der Waals surface area contributed by atoms with Crippen LogP contribution in [0.15, 0.2) is 53.6 Å². The van der Waals surface area contributed by atoms with Crippen molar-refractivity contribution in [3.63, 3.8) is 0 Å². The van der Waals surface area contributed by atoms with Crippen molar-refractivity contribution in [3.8, 4) is 0 Å². The quantitative estimate of drug-likeness (QED) is 0.629. The number of nitro benzene ring substituents is 1. The second-order valence-corrected chi connectivity index (χ2v) is 5.50. The lowest BCUT2D eigenvalue weighted by Gasteiger charge is -2.19. The third kappa shape index (κ3) is 2.93. The molecule has 0 N–H and O–H groups in total. The SMILES string of the molecule is CC(=O)N1N=C(c2cccc(Cl)c2)O[C@H]1c1ccccc1[N+](=O)[O-]. The van der Waals surface area contributed by atoms with Crippen LogP contribution in [0.1, 0.15) is 24.3 Å². The highest BCUT2D eigenvalue weighted by Gasteiger charge is 2.37. The van der Waals surface area contributed by atoms with Crippen LogP contribution in [0.4, 0.5) is 5.69 Å². The largest absolute Gasteiger partial charge is 0.445 e. The molecule has 1 heterocycles. The molecule has 0 bridgehead atoms. The first-order valence-corrected chi connectivity index (χ1v) is 7.39. The van der Waals surface area contributed by atoms with Crippen LogP contribution in [-0.2, 0) is 9.53 Å². The van der Waals surface area contributed by atoms with E-state index in [0.717, 1.165) is 5.01 Å². The highest BCUT2D eigenvalue weighted by Crippen LogP contribution is 2.35. The first kappa shape index (κ1) is 15.9. The Morgan fingerprint density at radius 3 is 2.71 bits per heavy atom. The normalized spacial score (nSPS) is 16.5. The molecule has 2 aromatic rings. The van der Waals surface area contributed by atoms with E-state index < -0.39 is 17.1 Å². The molecule has 0 saturated heterocycles. The highest BCUT2D eigenvalue weighted by molar-refractivity contribution is 6.31. The lowest BCUT2D eigenvalue weighted by molar-refractivity contribution is -0.386. The highest BCUT2D eigenvalue weighted by atomic mass is 35.5. The summed E-state index contributed by atoms with van der Waals surface area (Å²) in [6.45, 7) is 1.32. The summed E-state index contributed by atoms with van der Waals surface area (Å²) in [5.41, 5.74) is 0.685. The number of carbonyl (C=O) groups excluding carboxylic acids is 1. The van der Waals surface area contributed by atoms with Crippen LogP contribution in [0.25, 0.3) is 0 Å². The number of ether oxygens (including phenoxy) is 1. The van der Waals surface area contributed by atoms with Gasteiger partial charge in [0.05, 0.1) is 10.5 Å². The summed E-state index contributed by atoms with van der Waals surface area (Å²) in [7, 11) is 0. The van der Waals surface area contributed by atoms with Gasteiger partial charge in [-0.25, -0.2) is 0 Å². The predicted octanol–water partition coefficient (Wildman–Crippen LogP) is 3.49. The van der Waals surface area contributed by atoms with E-state index in [-0.39, 0.29) is 17.1 Å². The van der Waals surface area contributed by atoms with Gasteiger partial charge >= 0.3 is 0 Å². The fraction of sp³-hybridized carbons (Fsp3) is 0.125. The standard InChI is InChI=1S/C16H12ClN3O4/c1-10(21)19-16(13-7-2-3-8-14(13)20(22)23)24-15(18-19)11-5-4-6-12(17)9-11/h2-9,16H,1H3/t16-/m0/s1. The Hall–Kier alpha value is -2.93. The average molecular weight is 346 g/mol. The van der Waals surface area contributed by atoms with Crippen molar-refractivity contribution >= 4 is 29.1 Å². The van der Waals surface area contributed by atoms with Gasteiger partial charge in [0.2, 0.25) is 18.0 Å². The molecule has 1 atom stereocenters. The van der Waals surface area contributed by atoms with Crippen molar-refractivity contribution in [2.75, 3.05) is 0 Å². The van der Waals surface area contributed by atoms with Crippen molar-refractivity contribution in [1.82, 2.24) is 5.01 Å². The van der Waals surface area contributed by atoms with Crippen LogP contribution in [0.2, 0.25) is 5.02 Å². The number of hydrazone groups is 1. The number of nitro groups is 1. The van der Waals surface area contributed by atoms with Crippen molar-refractivity contribution in [2.24, 2.45) is 5.10 Å². The number of hydrogen-bond acceptors (Lipinski definition) is 5. The van der Waals surface area contributed by atoms with Gasteiger partial charge in [-0.2, -0.15) is 5.01 Å². The lowest BCUT2D eigenvalue weighted by Crippen LogP contribution is -2.25. The van der Waals surface area contributed by atoms with Gasteiger partial charge in [-0.3, -0.25) is 14.9 Å². The zero-order valence-corrected chi connectivity index (χ0v) is 13.3. The molecule has 8 heteroatoms. The molecular weight excluding hydrogens is 334 g/mol. The van der Waals surface area contributed by atoms with E-state index in [4.69, 9.17) is 16.3 Å². The Morgan fingerprint density at radius 2 is 2.04 bits per heavy atom. The molecule has 0 aromatic heterocycles. The summed E-state index contributed by atoms with van der Waals surface area (Å²) in [6, 6.07) is 12.9. The Morgan fingerprint density at radius 1 is 1.29 bits per heavy atom. The molecule has 0 fully saturated rings. The molecular formula is C16H12ClN3O4. The van der Waals surface area contributed by atoms with Gasteiger partial charge in [0.25, 0.3) is 5.69 Å². The maximum atomic E-state index is 11.9. The molecule has 7 nitrogen and oxygen atoms in total. The van der Waals surface area contributed by atoms with E-state index in [1.807, 2.05) is 0 Å². The zero-order valence-electron chi connectivity index (χ0n) is 12.5. The Labute approximate surface area is 142 Å². The molecule has 0 spiro atoms. The van der Waals surface area contributed by atoms with Crippen molar-refractivity contribution in [2.45, 2.75) is 13.2 Å². The number of benzene rings is 2. The topological polar surface area (TPSA) is 85.0 Å². The fourth-order valence-electron chi connectivity index (χ4n) is 2.37. The van der Waals surface area contributed by atoms with E-state index >= 15 is 0 Å². The van der Waals surface area contributed by atoms with Crippen LogP contribution in [0.3, 0.4) is 0 Å². The van der Waals surface area contributed by atoms with Crippen LogP contribution in [0, 0.1) is 10.1 Å². The van der Waals surface area contributed by atoms with Crippen LogP contribution >= 0.6 is 11.6 Å². The van der Waals surface area contributed by atoms with Crippen LogP contribution in [0.5, 0.6) is 0 Å². The van der Waals surface area contributed by atoms with Gasteiger partial charge < -0.3 is 4.74 Å². The summed E-state index contributed by atoms with van der Waals surface area (Å²) < 4.78 is 5.75. The Kier molecular flexibility index (Phi) is 4.18. The number of hydrogen-bond donors (Lipinski definition) is 0. The first-order chi connectivity index (χ1) is 11.5. The summed E-state index contributed by atoms with van der Waals surface area (Å²) in [5.74, 6) is -0.217. The molecule has 0 radical (unpaired) electrons. The minimum atomic E-state index is -1.00. The van der Waals surface area contributed by atoms with Crippen molar-refractivity contribution < 1.29 is 14.5 Å². The third-order valence-electron chi connectivity index (χ3n) is 3.44. The van der Waals surface area contributed by atoms with E-state index in [1.54, 1.807) is 36.4 Å². The van der Waals surface area contributed by atoms with Gasteiger partial charge in [0, 0.05) is 23.6 Å². The number of carbonyl (C=O) groups is 1. The van der Waals surface area contributed by atoms with Crippen molar-refractivity contribution in [1.29, 1.82) is 0 Å². The number of para-hydroxylation sites is 1. The Balaban J connectivity index is 2.02. The smallest absolute Gasteiger partial charge is 0.278 e. The summed E-state index contributed by atoms with van der Waals surface area (Å²) in [5, 5.41) is 17.0. The van der Waals surface area contributed by atoms with Gasteiger partial charge in [-0.1, -0.05) is 29.8 Å². The molecule has 1 aliphatic rings. The maximum absolute atomic E-state index is 11.9. The van der Waals surface area contributed by atoms with Crippen LogP contribution in [-0.4, -0.2) is 21.7 Å². The number of nitrogens with zero attached hydrogens (tertiary/aromatic N) is 3. The summed E-state index contributed by atoms with van der Waals surface area (Å²) in [4.78, 5) is 22.6. The molecule has 24 heavy (non-hydrogen) atoms.